The van der Waals surface area contributed by atoms with Crippen LogP contribution in [0.3, 0.4) is 0 Å². The van der Waals surface area contributed by atoms with E-state index in [2.05, 4.69) is 9.97 Å². The van der Waals surface area contributed by atoms with E-state index < -0.39 is 12.1 Å². The van der Waals surface area contributed by atoms with Gasteiger partial charge in [0.15, 0.2) is 6.10 Å². The van der Waals surface area contributed by atoms with Gasteiger partial charge in [0.1, 0.15) is 12.4 Å². The number of benzene rings is 2. The zero-order valence-electron chi connectivity index (χ0n) is 19.6. The second-order valence-corrected chi connectivity index (χ2v) is 8.12. The van der Waals surface area contributed by atoms with E-state index in [4.69, 9.17) is 9.47 Å². The number of anilines is 1. The van der Waals surface area contributed by atoms with Gasteiger partial charge in [0, 0.05) is 44.6 Å². The van der Waals surface area contributed by atoms with Crippen molar-refractivity contribution in [3.63, 3.8) is 0 Å². The van der Waals surface area contributed by atoms with E-state index >= 15 is 0 Å². The Morgan fingerprint density at radius 3 is 2.31 bits per heavy atom. The van der Waals surface area contributed by atoms with Crippen molar-refractivity contribution in [1.29, 1.82) is 0 Å². The fourth-order valence-corrected chi connectivity index (χ4v) is 3.68. The van der Waals surface area contributed by atoms with Gasteiger partial charge in [-0.15, -0.1) is 0 Å². The number of ether oxygens (including phenoxy) is 2. The molecule has 0 aliphatic carbocycles. The molecule has 35 heavy (non-hydrogen) atoms. The third-order valence-electron chi connectivity index (χ3n) is 5.61. The number of nitrogens with zero attached hydrogens (tertiary/aromatic N) is 4. The molecule has 3 aromatic rings. The maximum Gasteiger partial charge on any atom is 0.331 e. The molecule has 180 valence electrons. The van der Waals surface area contributed by atoms with Crippen LogP contribution in [0.2, 0.25) is 0 Å². The molecule has 1 aliphatic rings. The summed E-state index contributed by atoms with van der Waals surface area (Å²) in [5.41, 5.74) is 1.92. The van der Waals surface area contributed by atoms with Gasteiger partial charge in [0.2, 0.25) is 5.95 Å². The zero-order valence-corrected chi connectivity index (χ0v) is 19.6. The normalized spacial score (nSPS) is 14.5. The number of carbonyl (C=O) groups is 2. The van der Waals surface area contributed by atoms with Crippen LogP contribution < -0.4 is 9.64 Å². The molecule has 0 spiro atoms. The number of amides is 1. The average Bonchev–Trinajstić information content (AvgIpc) is 2.92. The van der Waals surface area contributed by atoms with Crippen LogP contribution in [0.1, 0.15) is 18.1 Å². The number of aromatic nitrogens is 2. The van der Waals surface area contributed by atoms with E-state index in [-0.39, 0.29) is 5.91 Å². The lowest BCUT2D eigenvalue weighted by atomic mass is 10.2. The average molecular weight is 473 g/mol. The molecule has 1 amide bonds. The predicted octanol–water partition coefficient (Wildman–Crippen LogP) is 3.35. The molecule has 0 radical (unpaired) electrons. The quantitative estimate of drug-likeness (QED) is 0.367. The molecular weight excluding hydrogens is 444 g/mol. The summed E-state index contributed by atoms with van der Waals surface area (Å²) in [6, 6.07) is 19.1. The zero-order chi connectivity index (χ0) is 24.5. The third kappa shape index (κ3) is 6.89. The molecule has 0 bridgehead atoms. The van der Waals surface area contributed by atoms with Crippen molar-refractivity contribution in [2.75, 3.05) is 31.1 Å². The predicted molar refractivity (Wildman–Crippen MR) is 133 cm³/mol. The number of piperazine rings is 1. The van der Waals surface area contributed by atoms with Crippen molar-refractivity contribution < 1.29 is 19.1 Å². The van der Waals surface area contributed by atoms with Crippen molar-refractivity contribution in [3.05, 3.63) is 90.3 Å². The molecule has 1 aliphatic heterocycles. The smallest absolute Gasteiger partial charge is 0.331 e. The largest absolute Gasteiger partial charge is 0.489 e. The SMILES string of the molecule is CC(OC(=O)/C=C/c1ccc(OCc2ccccc2)cc1)C(=O)N1CCN(c2ncccn2)CC1. The molecule has 8 nitrogen and oxygen atoms in total. The van der Waals surface area contributed by atoms with Crippen molar-refractivity contribution in [1.82, 2.24) is 14.9 Å². The van der Waals surface area contributed by atoms with Crippen molar-refractivity contribution in [2.45, 2.75) is 19.6 Å². The minimum Gasteiger partial charge on any atom is -0.489 e. The van der Waals surface area contributed by atoms with E-state index in [0.29, 0.717) is 38.7 Å². The molecule has 2 aromatic carbocycles. The first-order valence-corrected chi connectivity index (χ1v) is 11.5. The van der Waals surface area contributed by atoms with Crippen LogP contribution in [0, 0.1) is 0 Å². The molecule has 1 unspecified atom stereocenters. The number of hydrogen-bond acceptors (Lipinski definition) is 7. The van der Waals surface area contributed by atoms with Crippen molar-refractivity contribution >= 4 is 23.9 Å². The van der Waals surface area contributed by atoms with Gasteiger partial charge in [0.05, 0.1) is 0 Å². The number of esters is 1. The standard InChI is InChI=1S/C27H28N4O4/c1-21(26(33)30-16-18-31(19-17-30)27-28-14-5-15-29-27)35-25(32)13-10-22-8-11-24(12-9-22)34-20-23-6-3-2-4-7-23/h2-15,21H,16-20H2,1H3/b13-10+. The van der Waals surface area contributed by atoms with E-state index in [0.717, 1.165) is 16.9 Å². The van der Waals surface area contributed by atoms with Gasteiger partial charge in [-0.05, 0) is 42.3 Å². The topological polar surface area (TPSA) is 84.9 Å². The second kappa shape index (κ2) is 11.8. The summed E-state index contributed by atoms with van der Waals surface area (Å²) in [7, 11) is 0. The highest BCUT2D eigenvalue weighted by atomic mass is 16.5. The molecule has 2 heterocycles. The minimum atomic E-state index is -0.861. The summed E-state index contributed by atoms with van der Waals surface area (Å²) >= 11 is 0. The molecule has 0 N–H and O–H groups in total. The van der Waals surface area contributed by atoms with E-state index in [1.807, 2.05) is 59.5 Å². The Labute approximate surface area is 204 Å². The van der Waals surface area contributed by atoms with Crippen LogP contribution in [0.4, 0.5) is 5.95 Å². The van der Waals surface area contributed by atoms with Crippen molar-refractivity contribution in [3.8, 4) is 5.75 Å². The monoisotopic (exact) mass is 472 g/mol. The third-order valence-corrected chi connectivity index (χ3v) is 5.61. The Morgan fingerprint density at radius 2 is 1.63 bits per heavy atom. The molecule has 4 rings (SSSR count). The first kappa shape index (κ1) is 23.9. The summed E-state index contributed by atoms with van der Waals surface area (Å²) in [6.45, 7) is 4.38. The minimum absolute atomic E-state index is 0.208. The lowest BCUT2D eigenvalue weighted by Crippen LogP contribution is -2.52. The molecule has 8 heteroatoms. The summed E-state index contributed by atoms with van der Waals surface area (Å²) < 4.78 is 11.1. The highest BCUT2D eigenvalue weighted by Crippen LogP contribution is 2.16. The maximum absolute atomic E-state index is 12.7. The van der Waals surface area contributed by atoms with Crippen molar-refractivity contribution in [2.24, 2.45) is 0 Å². The fraction of sp³-hybridized carbons (Fsp3) is 0.259. The number of rotatable bonds is 8. The Balaban J connectivity index is 1.21. The highest BCUT2D eigenvalue weighted by molar-refractivity contribution is 5.90. The van der Waals surface area contributed by atoms with E-state index in [1.165, 1.54) is 6.08 Å². The highest BCUT2D eigenvalue weighted by Gasteiger charge is 2.27. The van der Waals surface area contributed by atoms with Crippen LogP contribution in [0.15, 0.2) is 79.1 Å². The van der Waals surface area contributed by atoms with Gasteiger partial charge in [-0.2, -0.15) is 0 Å². The van der Waals surface area contributed by atoms with Gasteiger partial charge >= 0.3 is 5.97 Å². The van der Waals surface area contributed by atoms with Crippen LogP contribution >= 0.6 is 0 Å². The van der Waals surface area contributed by atoms with Gasteiger partial charge in [-0.25, -0.2) is 14.8 Å². The van der Waals surface area contributed by atoms with Gasteiger partial charge in [0.25, 0.3) is 5.91 Å². The van der Waals surface area contributed by atoms with Gasteiger partial charge in [-0.3, -0.25) is 4.79 Å². The number of hydrogen-bond donors (Lipinski definition) is 0. The molecule has 1 saturated heterocycles. The lowest BCUT2D eigenvalue weighted by Gasteiger charge is -2.35. The molecule has 1 fully saturated rings. The fourth-order valence-electron chi connectivity index (χ4n) is 3.68. The molecule has 0 saturated carbocycles. The Kier molecular flexibility index (Phi) is 8.06. The summed E-state index contributed by atoms with van der Waals surface area (Å²) in [6.07, 6.45) is 5.51. The summed E-state index contributed by atoms with van der Waals surface area (Å²) in [5.74, 6) is 0.624. The molecule has 1 atom stereocenters. The molecular formula is C27H28N4O4. The van der Waals surface area contributed by atoms with E-state index in [9.17, 15) is 9.59 Å². The van der Waals surface area contributed by atoms with Crippen LogP contribution in [0.25, 0.3) is 6.08 Å². The van der Waals surface area contributed by atoms with Gasteiger partial charge in [-0.1, -0.05) is 42.5 Å². The van der Waals surface area contributed by atoms with E-state index in [1.54, 1.807) is 36.4 Å². The summed E-state index contributed by atoms with van der Waals surface area (Å²) in [5, 5.41) is 0. The first-order chi connectivity index (χ1) is 17.1. The Morgan fingerprint density at radius 1 is 0.943 bits per heavy atom. The van der Waals surface area contributed by atoms with Crippen LogP contribution in [-0.2, 0) is 20.9 Å². The van der Waals surface area contributed by atoms with Crippen LogP contribution in [-0.4, -0.2) is 59.0 Å². The molecule has 1 aromatic heterocycles. The Bertz CT molecular complexity index is 1130. The Hall–Kier alpha value is -4.20. The summed E-state index contributed by atoms with van der Waals surface area (Å²) in [4.78, 5) is 37.2. The van der Waals surface area contributed by atoms with Gasteiger partial charge < -0.3 is 19.3 Å². The lowest BCUT2D eigenvalue weighted by molar-refractivity contribution is -0.155. The number of carbonyl (C=O) groups excluding carboxylic acids is 2. The maximum atomic E-state index is 12.7. The van der Waals surface area contributed by atoms with Crippen LogP contribution in [0.5, 0.6) is 5.75 Å². The first-order valence-electron chi connectivity index (χ1n) is 11.5. The second-order valence-electron chi connectivity index (χ2n) is 8.12.